The van der Waals surface area contributed by atoms with Gasteiger partial charge in [0.25, 0.3) is 0 Å². The maximum absolute atomic E-state index is 11.4. The Hall–Kier alpha value is -0.810. The fourth-order valence-corrected chi connectivity index (χ4v) is 0.971. The van der Waals surface area contributed by atoms with E-state index in [2.05, 4.69) is 0 Å². The topological polar surface area (TPSA) is 70.0 Å². The number of carbonyl (C=O) groups is 1. The van der Waals surface area contributed by atoms with Crippen LogP contribution in [0.2, 0.25) is 0 Å². The van der Waals surface area contributed by atoms with Crippen LogP contribution >= 0.6 is 0 Å². The lowest BCUT2D eigenvalue weighted by atomic mass is 10.2. The number of likely N-dealkylation sites (N-methyl/N-ethyl adjacent to an activating group) is 1. The highest BCUT2D eigenvalue weighted by atomic mass is 16.6. The average Bonchev–Trinajstić information content (AvgIpc) is 2.00. The van der Waals surface area contributed by atoms with Gasteiger partial charge in [-0.25, -0.2) is 4.79 Å². The van der Waals surface area contributed by atoms with Crippen molar-refractivity contribution in [1.29, 1.82) is 0 Å². The molecule has 0 fully saturated rings. The third kappa shape index (κ3) is 7.16. The van der Waals surface area contributed by atoms with E-state index in [0.29, 0.717) is 0 Å². The van der Waals surface area contributed by atoms with Crippen molar-refractivity contribution in [1.82, 2.24) is 4.90 Å². The minimum Gasteiger partial charge on any atom is -0.444 e. The van der Waals surface area contributed by atoms with Crippen molar-refractivity contribution in [2.45, 2.75) is 38.9 Å². The number of ether oxygens (including phenoxy) is 1. The quantitative estimate of drug-likeness (QED) is 0.726. The van der Waals surface area contributed by atoms with Crippen molar-refractivity contribution in [3.05, 3.63) is 0 Å². The Balaban J connectivity index is 3.99. The Kier molecular flexibility index (Phi) is 5.60. The third-order valence-electron chi connectivity index (χ3n) is 1.65. The number of aliphatic hydroxyl groups excluding tert-OH is 2. The molecule has 0 rings (SSSR count). The van der Waals surface area contributed by atoms with Crippen LogP contribution in [0.4, 0.5) is 4.79 Å². The van der Waals surface area contributed by atoms with Gasteiger partial charge < -0.3 is 19.8 Å². The summed E-state index contributed by atoms with van der Waals surface area (Å²) in [4.78, 5) is 12.7. The van der Waals surface area contributed by atoms with E-state index in [1.54, 1.807) is 27.8 Å². The average molecular weight is 219 g/mol. The highest BCUT2D eigenvalue weighted by Gasteiger charge is 2.20. The number of aliphatic hydroxyl groups is 2. The summed E-state index contributed by atoms with van der Waals surface area (Å²) in [6, 6.07) is 0. The minimum absolute atomic E-state index is 0.0939. The van der Waals surface area contributed by atoms with Gasteiger partial charge in [-0.2, -0.15) is 0 Å². The van der Waals surface area contributed by atoms with E-state index in [-0.39, 0.29) is 19.6 Å². The first kappa shape index (κ1) is 14.2. The number of amides is 1. The SMILES string of the molecule is CN(CC(O)CCO)C(=O)OC(C)(C)C. The standard InChI is InChI=1S/C10H21NO4/c1-10(2,3)15-9(14)11(4)7-8(13)5-6-12/h8,12-13H,5-7H2,1-4H3. The number of rotatable bonds is 4. The van der Waals surface area contributed by atoms with Crippen molar-refractivity contribution < 1.29 is 19.7 Å². The molecule has 0 heterocycles. The first-order valence-electron chi connectivity index (χ1n) is 4.99. The lowest BCUT2D eigenvalue weighted by Gasteiger charge is -2.25. The molecule has 1 atom stereocenters. The number of nitrogens with zero attached hydrogens (tertiary/aromatic N) is 1. The number of carbonyl (C=O) groups excluding carboxylic acids is 1. The van der Waals surface area contributed by atoms with Crippen molar-refractivity contribution in [2.75, 3.05) is 20.2 Å². The molecule has 1 unspecified atom stereocenters. The second-order valence-corrected chi connectivity index (χ2v) is 4.53. The van der Waals surface area contributed by atoms with E-state index < -0.39 is 17.8 Å². The lowest BCUT2D eigenvalue weighted by molar-refractivity contribution is 0.0182. The first-order valence-corrected chi connectivity index (χ1v) is 4.99. The third-order valence-corrected chi connectivity index (χ3v) is 1.65. The zero-order chi connectivity index (χ0) is 12.1. The fourth-order valence-electron chi connectivity index (χ4n) is 0.971. The van der Waals surface area contributed by atoms with Gasteiger partial charge in [0.15, 0.2) is 0 Å². The molecule has 0 saturated carbocycles. The van der Waals surface area contributed by atoms with E-state index in [4.69, 9.17) is 9.84 Å². The lowest BCUT2D eigenvalue weighted by Crippen LogP contribution is -2.38. The van der Waals surface area contributed by atoms with E-state index >= 15 is 0 Å². The van der Waals surface area contributed by atoms with Gasteiger partial charge in [0.2, 0.25) is 0 Å². The molecule has 1 amide bonds. The molecule has 15 heavy (non-hydrogen) atoms. The molecule has 0 radical (unpaired) electrons. The first-order chi connectivity index (χ1) is 6.76. The van der Waals surface area contributed by atoms with Crippen LogP contribution < -0.4 is 0 Å². The second kappa shape index (κ2) is 5.92. The molecule has 0 aliphatic heterocycles. The van der Waals surface area contributed by atoms with Crippen LogP contribution in [0.1, 0.15) is 27.2 Å². The summed E-state index contributed by atoms with van der Waals surface area (Å²) in [6.07, 6.45) is -0.931. The maximum atomic E-state index is 11.4. The van der Waals surface area contributed by atoms with Gasteiger partial charge in [-0.1, -0.05) is 0 Å². The predicted molar refractivity (Wildman–Crippen MR) is 56.6 cm³/mol. The molecule has 0 aromatic rings. The normalized spacial score (nSPS) is 13.5. The predicted octanol–water partition coefficient (Wildman–Crippen LogP) is 0.597. The highest BCUT2D eigenvalue weighted by molar-refractivity contribution is 5.67. The zero-order valence-electron chi connectivity index (χ0n) is 9.86. The Labute approximate surface area is 90.6 Å². The van der Waals surface area contributed by atoms with Gasteiger partial charge >= 0.3 is 6.09 Å². The molecule has 0 spiro atoms. The fraction of sp³-hybridized carbons (Fsp3) is 0.900. The summed E-state index contributed by atoms with van der Waals surface area (Å²) in [5.41, 5.74) is -0.534. The van der Waals surface area contributed by atoms with Crippen LogP contribution in [-0.2, 0) is 4.74 Å². The highest BCUT2D eigenvalue weighted by Crippen LogP contribution is 2.09. The summed E-state index contributed by atoms with van der Waals surface area (Å²) < 4.78 is 5.09. The molecule has 0 aliphatic carbocycles. The van der Waals surface area contributed by atoms with Gasteiger partial charge in [-0.15, -0.1) is 0 Å². The van der Waals surface area contributed by atoms with Crippen LogP contribution in [0.25, 0.3) is 0 Å². The molecule has 0 bridgehead atoms. The summed E-state index contributed by atoms with van der Waals surface area (Å²) in [5.74, 6) is 0. The van der Waals surface area contributed by atoms with E-state index in [1.807, 2.05) is 0 Å². The molecule has 90 valence electrons. The smallest absolute Gasteiger partial charge is 0.410 e. The van der Waals surface area contributed by atoms with E-state index in [9.17, 15) is 9.90 Å². The van der Waals surface area contributed by atoms with Gasteiger partial charge in [0.1, 0.15) is 5.60 Å². The maximum Gasteiger partial charge on any atom is 0.410 e. The van der Waals surface area contributed by atoms with E-state index in [1.165, 1.54) is 4.90 Å². The summed E-state index contributed by atoms with van der Waals surface area (Å²) in [6.45, 7) is 5.41. The van der Waals surface area contributed by atoms with E-state index in [0.717, 1.165) is 0 Å². The molecular weight excluding hydrogens is 198 g/mol. The van der Waals surface area contributed by atoms with Gasteiger partial charge in [-0.3, -0.25) is 0 Å². The summed E-state index contributed by atoms with van der Waals surface area (Å²) in [7, 11) is 1.55. The number of hydrogen-bond acceptors (Lipinski definition) is 4. The zero-order valence-corrected chi connectivity index (χ0v) is 9.86. The van der Waals surface area contributed by atoms with Crippen molar-refractivity contribution in [3.8, 4) is 0 Å². The van der Waals surface area contributed by atoms with Crippen molar-refractivity contribution in [3.63, 3.8) is 0 Å². The van der Waals surface area contributed by atoms with Gasteiger partial charge in [0, 0.05) is 20.2 Å². The summed E-state index contributed by atoms with van der Waals surface area (Å²) in [5, 5.41) is 17.9. The van der Waals surface area contributed by atoms with Crippen LogP contribution in [0.15, 0.2) is 0 Å². The Morgan fingerprint density at radius 3 is 2.40 bits per heavy atom. The Bertz CT molecular complexity index is 200. The van der Waals surface area contributed by atoms with Gasteiger partial charge in [-0.05, 0) is 27.2 Å². The Morgan fingerprint density at radius 1 is 1.47 bits per heavy atom. The van der Waals surface area contributed by atoms with Crippen LogP contribution in [0.3, 0.4) is 0 Å². The molecule has 0 saturated heterocycles. The van der Waals surface area contributed by atoms with Crippen LogP contribution in [0.5, 0.6) is 0 Å². The number of hydrogen-bond donors (Lipinski definition) is 2. The molecular formula is C10H21NO4. The molecule has 5 heteroatoms. The van der Waals surface area contributed by atoms with Crippen LogP contribution in [-0.4, -0.2) is 53.1 Å². The van der Waals surface area contributed by atoms with Crippen LogP contribution in [0, 0.1) is 0 Å². The molecule has 0 aromatic heterocycles. The molecule has 0 aliphatic rings. The molecule has 0 aromatic carbocycles. The minimum atomic E-state index is -0.715. The van der Waals surface area contributed by atoms with Crippen molar-refractivity contribution >= 4 is 6.09 Å². The largest absolute Gasteiger partial charge is 0.444 e. The Morgan fingerprint density at radius 2 is 2.00 bits per heavy atom. The van der Waals surface area contributed by atoms with Gasteiger partial charge in [0.05, 0.1) is 6.10 Å². The monoisotopic (exact) mass is 219 g/mol. The molecule has 5 nitrogen and oxygen atoms in total. The summed E-state index contributed by atoms with van der Waals surface area (Å²) >= 11 is 0. The van der Waals surface area contributed by atoms with Crippen molar-refractivity contribution in [2.24, 2.45) is 0 Å². The second-order valence-electron chi connectivity index (χ2n) is 4.53. The molecule has 2 N–H and O–H groups in total.